The van der Waals surface area contributed by atoms with E-state index in [1.807, 2.05) is 24.5 Å². The van der Waals surface area contributed by atoms with Crippen LogP contribution in [-0.4, -0.2) is 37.4 Å². The van der Waals surface area contributed by atoms with Crippen molar-refractivity contribution in [1.29, 1.82) is 0 Å². The highest BCUT2D eigenvalue weighted by molar-refractivity contribution is 7.98. The zero-order valence-electron chi connectivity index (χ0n) is 12.5. The van der Waals surface area contributed by atoms with Gasteiger partial charge in [0.25, 0.3) is 0 Å². The number of nitrogens with two attached hydrogens (primary N) is 1. The number of carbonyl (C=O) groups is 1. The van der Waals surface area contributed by atoms with Gasteiger partial charge in [-0.2, -0.15) is 0 Å². The molecule has 2 rings (SSSR count). The summed E-state index contributed by atoms with van der Waals surface area (Å²) in [4.78, 5) is 15.5. The molecule has 0 spiro atoms. The van der Waals surface area contributed by atoms with E-state index in [0.29, 0.717) is 11.5 Å². The molecule has 2 atom stereocenters. The molecule has 0 aromatic heterocycles. The van der Waals surface area contributed by atoms with E-state index >= 15 is 0 Å². The SMILES string of the molecule is COC(=O)C1CN(c2cccc(SC)c2C(N)=S)CC1C. The smallest absolute Gasteiger partial charge is 0.310 e. The molecule has 1 aliphatic rings. The maximum atomic E-state index is 11.8. The summed E-state index contributed by atoms with van der Waals surface area (Å²) in [5, 5.41) is 0. The molecule has 0 saturated carbocycles. The average Bonchev–Trinajstić information content (AvgIpc) is 2.87. The number of esters is 1. The Bertz CT molecular complexity index is 563. The first-order valence-corrected chi connectivity index (χ1v) is 8.42. The Hall–Kier alpha value is -1.27. The molecule has 1 fully saturated rings. The molecule has 2 N–H and O–H groups in total. The van der Waals surface area contributed by atoms with E-state index in [1.165, 1.54) is 7.11 Å². The van der Waals surface area contributed by atoms with Crippen molar-refractivity contribution in [3.63, 3.8) is 0 Å². The Morgan fingerprint density at radius 2 is 2.19 bits per heavy atom. The zero-order chi connectivity index (χ0) is 15.6. The van der Waals surface area contributed by atoms with Crippen LogP contribution in [0, 0.1) is 11.8 Å². The van der Waals surface area contributed by atoms with Crippen molar-refractivity contribution in [2.45, 2.75) is 11.8 Å². The lowest BCUT2D eigenvalue weighted by atomic mass is 9.99. The van der Waals surface area contributed by atoms with Gasteiger partial charge in [0.15, 0.2) is 0 Å². The highest BCUT2D eigenvalue weighted by Gasteiger charge is 2.36. The maximum absolute atomic E-state index is 11.8. The molecule has 4 nitrogen and oxygen atoms in total. The van der Waals surface area contributed by atoms with Crippen LogP contribution in [-0.2, 0) is 9.53 Å². The molecule has 1 aromatic rings. The fourth-order valence-electron chi connectivity index (χ4n) is 2.82. The number of ether oxygens (including phenoxy) is 1. The Labute approximate surface area is 135 Å². The van der Waals surface area contributed by atoms with Gasteiger partial charge in [0.2, 0.25) is 0 Å². The van der Waals surface area contributed by atoms with Crippen LogP contribution in [0.5, 0.6) is 0 Å². The number of carbonyl (C=O) groups excluding carboxylic acids is 1. The molecular weight excluding hydrogens is 304 g/mol. The minimum atomic E-state index is -0.150. The maximum Gasteiger partial charge on any atom is 0.310 e. The largest absolute Gasteiger partial charge is 0.469 e. The number of benzene rings is 1. The fraction of sp³-hybridized carbons (Fsp3) is 0.467. The Morgan fingerprint density at radius 3 is 2.76 bits per heavy atom. The molecule has 1 aliphatic heterocycles. The lowest BCUT2D eigenvalue weighted by Gasteiger charge is -2.23. The predicted octanol–water partition coefficient (Wildman–Crippen LogP) is 2.29. The van der Waals surface area contributed by atoms with Gasteiger partial charge in [0.05, 0.1) is 13.0 Å². The van der Waals surface area contributed by atoms with Crippen molar-refractivity contribution < 1.29 is 9.53 Å². The van der Waals surface area contributed by atoms with Crippen LogP contribution in [0.1, 0.15) is 12.5 Å². The van der Waals surface area contributed by atoms with Crippen LogP contribution in [0.3, 0.4) is 0 Å². The second kappa shape index (κ2) is 6.66. The summed E-state index contributed by atoms with van der Waals surface area (Å²) in [5.41, 5.74) is 7.82. The van der Waals surface area contributed by atoms with Gasteiger partial charge in [-0.3, -0.25) is 4.79 Å². The first-order chi connectivity index (χ1) is 9.99. The predicted molar refractivity (Wildman–Crippen MR) is 91.0 cm³/mol. The zero-order valence-corrected chi connectivity index (χ0v) is 14.1. The van der Waals surface area contributed by atoms with E-state index in [-0.39, 0.29) is 17.8 Å². The standard InChI is InChI=1S/C15H20N2O2S2/c1-9-7-17(8-10(9)15(18)19-2)11-5-4-6-12(21-3)13(11)14(16)20/h4-6,9-10H,7-8H2,1-3H3,(H2,16,20). The number of thiocarbonyl (C=S) groups is 1. The molecule has 1 saturated heterocycles. The Morgan fingerprint density at radius 1 is 1.48 bits per heavy atom. The normalized spacial score (nSPS) is 21.4. The minimum Gasteiger partial charge on any atom is -0.469 e. The first kappa shape index (κ1) is 16.1. The van der Waals surface area contributed by atoms with Crippen LogP contribution in [0.15, 0.2) is 23.1 Å². The number of hydrogen-bond donors (Lipinski definition) is 1. The number of thioether (sulfide) groups is 1. The van der Waals surface area contributed by atoms with Crippen molar-refractivity contribution >= 4 is 40.6 Å². The Kier molecular flexibility index (Phi) is 5.11. The number of anilines is 1. The average molecular weight is 324 g/mol. The summed E-state index contributed by atoms with van der Waals surface area (Å²) in [5.74, 6) is -0.00962. The lowest BCUT2D eigenvalue weighted by Crippen LogP contribution is -2.26. The fourth-order valence-corrected chi connectivity index (χ4v) is 3.73. The minimum absolute atomic E-state index is 0.105. The van der Waals surface area contributed by atoms with E-state index < -0.39 is 0 Å². The van der Waals surface area contributed by atoms with Gasteiger partial charge in [-0.05, 0) is 24.3 Å². The van der Waals surface area contributed by atoms with Gasteiger partial charge in [-0.25, -0.2) is 0 Å². The van der Waals surface area contributed by atoms with Crippen LogP contribution >= 0.6 is 24.0 Å². The summed E-state index contributed by atoms with van der Waals surface area (Å²) < 4.78 is 4.89. The molecule has 0 amide bonds. The van der Waals surface area contributed by atoms with E-state index in [2.05, 4.69) is 11.8 Å². The molecule has 1 aromatic carbocycles. The van der Waals surface area contributed by atoms with E-state index in [0.717, 1.165) is 22.7 Å². The van der Waals surface area contributed by atoms with Crippen molar-refractivity contribution in [3.8, 4) is 0 Å². The van der Waals surface area contributed by atoms with Gasteiger partial charge in [-0.15, -0.1) is 11.8 Å². The third-order valence-corrected chi connectivity index (χ3v) is 4.91. The quantitative estimate of drug-likeness (QED) is 0.521. The lowest BCUT2D eigenvalue weighted by molar-refractivity contribution is -0.145. The summed E-state index contributed by atoms with van der Waals surface area (Å²) >= 11 is 6.84. The molecule has 21 heavy (non-hydrogen) atoms. The van der Waals surface area contributed by atoms with Crippen molar-refractivity contribution in [2.75, 3.05) is 31.4 Å². The van der Waals surface area contributed by atoms with Crippen molar-refractivity contribution in [3.05, 3.63) is 23.8 Å². The van der Waals surface area contributed by atoms with Crippen molar-refractivity contribution in [2.24, 2.45) is 17.6 Å². The van der Waals surface area contributed by atoms with Crippen LogP contribution < -0.4 is 10.6 Å². The Balaban J connectivity index is 2.36. The van der Waals surface area contributed by atoms with Crippen LogP contribution in [0.4, 0.5) is 5.69 Å². The van der Waals surface area contributed by atoms with Gasteiger partial charge in [0, 0.05) is 29.2 Å². The van der Waals surface area contributed by atoms with Gasteiger partial charge >= 0.3 is 5.97 Å². The summed E-state index contributed by atoms with van der Waals surface area (Å²) in [6.07, 6.45) is 2.00. The molecular formula is C15H20N2O2S2. The van der Waals surface area contributed by atoms with E-state index in [1.54, 1.807) is 11.8 Å². The topological polar surface area (TPSA) is 55.6 Å². The highest BCUT2D eigenvalue weighted by atomic mass is 32.2. The highest BCUT2D eigenvalue weighted by Crippen LogP contribution is 2.34. The monoisotopic (exact) mass is 324 g/mol. The van der Waals surface area contributed by atoms with Crippen molar-refractivity contribution in [1.82, 2.24) is 0 Å². The number of rotatable bonds is 4. The second-order valence-corrected chi connectivity index (χ2v) is 6.52. The third-order valence-electron chi connectivity index (χ3n) is 3.93. The second-order valence-electron chi connectivity index (χ2n) is 5.23. The van der Waals surface area contributed by atoms with Gasteiger partial charge < -0.3 is 15.4 Å². The molecule has 2 unspecified atom stereocenters. The molecule has 0 bridgehead atoms. The summed E-state index contributed by atoms with van der Waals surface area (Å²) in [6.45, 7) is 3.51. The number of nitrogens with zero attached hydrogens (tertiary/aromatic N) is 1. The molecule has 0 radical (unpaired) electrons. The molecule has 6 heteroatoms. The number of hydrogen-bond acceptors (Lipinski definition) is 5. The van der Waals surface area contributed by atoms with Crippen LogP contribution in [0.2, 0.25) is 0 Å². The first-order valence-electron chi connectivity index (χ1n) is 6.79. The third kappa shape index (κ3) is 3.16. The van der Waals surface area contributed by atoms with Gasteiger partial charge in [-0.1, -0.05) is 25.2 Å². The van der Waals surface area contributed by atoms with E-state index in [9.17, 15) is 4.79 Å². The number of methoxy groups -OCH3 is 1. The van der Waals surface area contributed by atoms with E-state index in [4.69, 9.17) is 22.7 Å². The molecule has 1 heterocycles. The van der Waals surface area contributed by atoms with Gasteiger partial charge in [0.1, 0.15) is 4.99 Å². The summed E-state index contributed by atoms with van der Waals surface area (Å²) in [7, 11) is 1.44. The van der Waals surface area contributed by atoms with Crippen LogP contribution in [0.25, 0.3) is 0 Å². The molecule has 114 valence electrons. The molecule has 0 aliphatic carbocycles. The summed E-state index contributed by atoms with van der Waals surface area (Å²) in [6, 6.07) is 6.03.